The zero-order valence-electron chi connectivity index (χ0n) is 14.0. The second-order valence-electron chi connectivity index (χ2n) is 6.15. The van der Waals surface area contributed by atoms with Gasteiger partial charge in [-0.15, -0.1) is 0 Å². The van der Waals surface area contributed by atoms with Gasteiger partial charge in [-0.1, -0.05) is 36.4 Å². The number of fused-ring (bicyclic) bond motifs is 2. The fraction of sp³-hybridized carbons (Fsp3) is 0.0952. The molecular weight excluding hydrogens is 333 g/mol. The summed E-state index contributed by atoms with van der Waals surface area (Å²) in [7, 11) is 1.94. The van der Waals surface area contributed by atoms with E-state index in [9.17, 15) is 14.3 Å². The number of aromatic hydroxyl groups is 1. The molecule has 4 nitrogen and oxygen atoms in total. The quantitative estimate of drug-likeness (QED) is 0.552. The van der Waals surface area contributed by atoms with Crippen molar-refractivity contribution in [2.75, 3.05) is 11.9 Å². The van der Waals surface area contributed by atoms with Crippen LogP contribution < -0.4 is 9.64 Å². The molecule has 0 saturated carbocycles. The van der Waals surface area contributed by atoms with Gasteiger partial charge in [0.2, 0.25) is 0 Å². The molecule has 0 fully saturated rings. The van der Waals surface area contributed by atoms with Crippen molar-refractivity contribution in [2.24, 2.45) is 0 Å². The Morgan fingerprint density at radius 3 is 2.15 bits per heavy atom. The minimum Gasteiger partial charge on any atom is -0.508 e. The predicted molar refractivity (Wildman–Crippen MR) is 96.5 cm³/mol. The molecule has 130 valence electrons. The average molecular weight is 349 g/mol. The number of hydrogen-bond acceptors (Lipinski definition) is 4. The van der Waals surface area contributed by atoms with Crippen molar-refractivity contribution < 1.29 is 19.0 Å². The molecule has 0 atom stereocenters. The van der Waals surface area contributed by atoms with Gasteiger partial charge < -0.3 is 14.7 Å². The maximum absolute atomic E-state index is 14.0. The van der Waals surface area contributed by atoms with Crippen LogP contribution in [0.25, 0.3) is 0 Å². The van der Waals surface area contributed by atoms with Crippen LogP contribution in [0, 0.1) is 5.82 Å². The molecule has 1 N–H and O–H groups in total. The number of benzene rings is 3. The van der Waals surface area contributed by atoms with E-state index in [1.807, 2.05) is 60.5 Å². The lowest BCUT2D eigenvalue weighted by atomic mass is 9.85. The van der Waals surface area contributed by atoms with Crippen LogP contribution in [0.4, 0.5) is 15.8 Å². The highest BCUT2D eigenvalue weighted by Gasteiger charge is 2.35. The van der Waals surface area contributed by atoms with Crippen LogP contribution in [-0.2, 0) is 4.79 Å². The molecule has 0 saturated heterocycles. The molecule has 3 aromatic carbocycles. The second-order valence-corrected chi connectivity index (χ2v) is 6.15. The highest BCUT2D eigenvalue weighted by atomic mass is 19.1. The first-order chi connectivity index (χ1) is 12.6. The number of carbonyl (C=O) groups is 1. The van der Waals surface area contributed by atoms with Crippen LogP contribution in [-0.4, -0.2) is 18.1 Å². The summed E-state index contributed by atoms with van der Waals surface area (Å²) in [4.78, 5) is 15.0. The largest absolute Gasteiger partial charge is 0.508 e. The first kappa shape index (κ1) is 16.1. The molecule has 0 spiro atoms. The van der Waals surface area contributed by atoms with Gasteiger partial charge in [-0.05, 0) is 35.4 Å². The number of phenolic OH excluding ortho intramolecular Hbond substituents is 1. The Bertz CT molecular complexity index is 955. The van der Waals surface area contributed by atoms with Gasteiger partial charge in [-0.2, -0.15) is 0 Å². The Balaban J connectivity index is 1.78. The van der Waals surface area contributed by atoms with E-state index in [0.717, 1.165) is 28.6 Å². The standard InChI is InChI=1S/C21H16FNO3/c1-23-17-8-4-2-6-14(17)20(15-7-3-5-9-18(15)23)21(25)26-19-11-10-13(24)12-16(19)22/h2-12,20,24H,1H3. The predicted octanol–water partition coefficient (Wildman–Crippen LogP) is 4.35. The third kappa shape index (κ3) is 2.58. The van der Waals surface area contributed by atoms with Crippen LogP contribution >= 0.6 is 0 Å². The minimum atomic E-state index is -0.784. The van der Waals surface area contributed by atoms with Crippen molar-refractivity contribution >= 4 is 17.3 Å². The number of phenols is 1. The zero-order valence-corrected chi connectivity index (χ0v) is 14.0. The maximum Gasteiger partial charge on any atom is 0.323 e. The Labute approximate surface area is 150 Å². The van der Waals surface area contributed by atoms with Crippen LogP contribution in [0.1, 0.15) is 17.0 Å². The van der Waals surface area contributed by atoms with Gasteiger partial charge in [0.1, 0.15) is 11.7 Å². The van der Waals surface area contributed by atoms with E-state index in [4.69, 9.17) is 4.74 Å². The highest BCUT2D eigenvalue weighted by Crippen LogP contribution is 2.45. The van der Waals surface area contributed by atoms with Crippen molar-refractivity contribution in [2.45, 2.75) is 5.92 Å². The first-order valence-electron chi connectivity index (χ1n) is 8.18. The number of ether oxygens (including phenoxy) is 1. The third-order valence-electron chi connectivity index (χ3n) is 4.58. The Kier molecular flexibility index (Phi) is 3.84. The van der Waals surface area contributed by atoms with Gasteiger partial charge in [0.25, 0.3) is 0 Å². The number of carbonyl (C=O) groups excluding carboxylic acids is 1. The third-order valence-corrected chi connectivity index (χ3v) is 4.58. The molecule has 1 aliphatic heterocycles. The lowest BCUT2D eigenvalue weighted by molar-refractivity contribution is -0.135. The molecule has 0 bridgehead atoms. The monoisotopic (exact) mass is 349 g/mol. The fourth-order valence-electron chi connectivity index (χ4n) is 3.37. The van der Waals surface area contributed by atoms with Gasteiger partial charge >= 0.3 is 5.97 Å². The van der Waals surface area contributed by atoms with Gasteiger partial charge in [0, 0.05) is 24.5 Å². The number of halogens is 1. The van der Waals surface area contributed by atoms with E-state index in [1.165, 1.54) is 12.1 Å². The van der Waals surface area contributed by atoms with Crippen molar-refractivity contribution in [1.82, 2.24) is 0 Å². The van der Waals surface area contributed by atoms with E-state index < -0.39 is 17.7 Å². The smallest absolute Gasteiger partial charge is 0.323 e. The summed E-state index contributed by atoms with van der Waals surface area (Å²) in [5.41, 5.74) is 3.41. The lowest BCUT2D eigenvalue weighted by Gasteiger charge is -2.34. The van der Waals surface area contributed by atoms with E-state index in [2.05, 4.69) is 0 Å². The molecule has 3 aromatic rings. The Morgan fingerprint density at radius 1 is 1.00 bits per heavy atom. The topological polar surface area (TPSA) is 49.8 Å². The number of hydrogen-bond donors (Lipinski definition) is 1. The molecule has 5 heteroatoms. The number of nitrogens with zero attached hydrogens (tertiary/aromatic N) is 1. The Morgan fingerprint density at radius 2 is 1.58 bits per heavy atom. The van der Waals surface area contributed by atoms with Crippen LogP contribution in [0.3, 0.4) is 0 Å². The average Bonchev–Trinajstić information content (AvgIpc) is 2.64. The van der Waals surface area contributed by atoms with Crippen LogP contribution in [0.15, 0.2) is 66.7 Å². The summed E-state index contributed by atoms with van der Waals surface area (Å²) in [5.74, 6) is -2.44. The molecule has 1 heterocycles. The summed E-state index contributed by atoms with van der Waals surface area (Å²) in [6, 6.07) is 18.6. The van der Waals surface area contributed by atoms with Crippen molar-refractivity contribution in [3.8, 4) is 11.5 Å². The molecule has 0 aliphatic carbocycles. The maximum atomic E-state index is 14.0. The van der Waals surface area contributed by atoms with E-state index in [0.29, 0.717) is 0 Å². The first-order valence-corrected chi connectivity index (χ1v) is 8.18. The molecule has 4 rings (SSSR count). The molecule has 0 aromatic heterocycles. The van der Waals surface area contributed by atoms with E-state index in [1.54, 1.807) is 0 Å². The number of esters is 1. The molecule has 0 unspecified atom stereocenters. The van der Waals surface area contributed by atoms with E-state index >= 15 is 0 Å². The number of rotatable bonds is 2. The van der Waals surface area contributed by atoms with E-state index in [-0.39, 0.29) is 11.5 Å². The molecular formula is C21H16FNO3. The van der Waals surface area contributed by atoms with Gasteiger partial charge in [0.05, 0.1) is 0 Å². The second kappa shape index (κ2) is 6.19. The fourth-order valence-corrected chi connectivity index (χ4v) is 3.37. The molecule has 1 aliphatic rings. The van der Waals surface area contributed by atoms with Gasteiger partial charge in [-0.3, -0.25) is 4.79 Å². The normalized spacial score (nSPS) is 13.1. The summed E-state index contributed by atoms with van der Waals surface area (Å²) in [6.45, 7) is 0. The van der Waals surface area contributed by atoms with Crippen molar-refractivity contribution in [3.63, 3.8) is 0 Å². The SMILES string of the molecule is CN1c2ccccc2C(C(=O)Oc2ccc(O)cc2F)c2ccccc21. The summed E-state index contributed by atoms with van der Waals surface area (Å²) in [5, 5.41) is 9.32. The molecule has 26 heavy (non-hydrogen) atoms. The van der Waals surface area contributed by atoms with Crippen LogP contribution in [0.2, 0.25) is 0 Å². The zero-order chi connectivity index (χ0) is 18.3. The van der Waals surface area contributed by atoms with Crippen molar-refractivity contribution in [3.05, 3.63) is 83.7 Å². The summed E-state index contributed by atoms with van der Waals surface area (Å²) in [6.07, 6.45) is 0. The lowest BCUT2D eigenvalue weighted by Crippen LogP contribution is -2.28. The Hall–Kier alpha value is -3.34. The molecule has 0 amide bonds. The van der Waals surface area contributed by atoms with Crippen molar-refractivity contribution in [1.29, 1.82) is 0 Å². The summed E-state index contributed by atoms with van der Waals surface area (Å²) < 4.78 is 19.3. The van der Waals surface area contributed by atoms with Gasteiger partial charge in [0.15, 0.2) is 11.6 Å². The molecule has 0 radical (unpaired) electrons. The van der Waals surface area contributed by atoms with Gasteiger partial charge in [-0.25, -0.2) is 4.39 Å². The highest BCUT2D eigenvalue weighted by molar-refractivity contribution is 5.92. The minimum absolute atomic E-state index is 0.207. The van der Waals surface area contributed by atoms with Crippen LogP contribution in [0.5, 0.6) is 11.5 Å². The number of para-hydroxylation sites is 2. The summed E-state index contributed by atoms with van der Waals surface area (Å²) >= 11 is 0. The number of anilines is 2.